The minimum absolute atomic E-state index is 0.110. The van der Waals surface area contributed by atoms with E-state index < -0.39 is 0 Å². The molecule has 2 N–H and O–H groups in total. The molecule has 5 rings (SSSR count). The van der Waals surface area contributed by atoms with Crippen LogP contribution in [0.15, 0.2) is 84.9 Å². The summed E-state index contributed by atoms with van der Waals surface area (Å²) in [6.07, 6.45) is 2.02. The Kier molecular flexibility index (Phi) is 4.11. The molecular weight excluding hydrogens is 380 g/mol. The maximum absolute atomic E-state index is 13.3. The van der Waals surface area contributed by atoms with Crippen molar-refractivity contribution in [2.75, 3.05) is 10.6 Å². The molecule has 4 aromatic rings. The summed E-state index contributed by atoms with van der Waals surface area (Å²) in [6.45, 7) is 0. The lowest BCUT2D eigenvalue weighted by Gasteiger charge is -2.21. The van der Waals surface area contributed by atoms with Gasteiger partial charge < -0.3 is 5.73 Å². The zero-order valence-corrected chi connectivity index (χ0v) is 16.2. The van der Waals surface area contributed by atoms with E-state index in [1.54, 1.807) is 23.1 Å². The Morgan fingerprint density at radius 2 is 1.52 bits per heavy atom. The number of nitrogen functional groups attached to an aromatic ring is 1. The maximum atomic E-state index is 13.3. The van der Waals surface area contributed by atoms with Gasteiger partial charge in [0.05, 0.1) is 17.1 Å². The van der Waals surface area contributed by atoms with Gasteiger partial charge in [-0.15, -0.1) is 0 Å². The van der Waals surface area contributed by atoms with E-state index in [0.29, 0.717) is 22.0 Å². The Bertz CT molecular complexity index is 1310. The van der Waals surface area contributed by atoms with Crippen molar-refractivity contribution in [3.8, 4) is 0 Å². The standard InChI is InChI=1S/C25H17ClN2O/c26-19-11-12-22(27)24(15-19)28-23(20-7-3-4-8-21(20)25(28)29)14-16-9-10-17-5-1-2-6-18(17)13-16/h1-15H,27H2/b23-14+. The number of carbonyl (C=O) groups is 1. The second kappa shape index (κ2) is 6.80. The van der Waals surface area contributed by atoms with Gasteiger partial charge in [-0.25, -0.2) is 0 Å². The average Bonchev–Trinajstić information content (AvgIpc) is 3.02. The number of nitrogens with zero attached hydrogens (tertiary/aromatic N) is 1. The van der Waals surface area contributed by atoms with Gasteiger partial charge in [0.25, 0.3) is 5.91 Å². The van der Waals surface area contributed by atoms with Crippen molar-refractivity contribution in [1.29, 1.82) is 0 Å². The molecule has 1 amide bonds. The molecule has 29 heavy (non-hydrogen) atoms. The Balaban J connectivity index is 1.72. The number of carbonyl (C=O) groups excluding carboxylic acids is 1. The third-order valence-electron chi connectivity index (χ3n) is 5.19. The maximum Gasteiger partial charge on any atom is 0.263 e. The largest absolute Gasteiger partial charge is 0.397 e. The number of benzene rings is 4. The lowest BCUT2D eigenvalue weighted by atomic mass is 10.0. The van der Waals surface area contributed by atoms with E-state index in [4.69, 9.17) is 17.3 Å². The van der Waals surface area contributed by atoms with E-state index in [2.05, 4.69) is 30.3 Å². The summed E-state index contributed by atoms with van der Waals surface area (Å²) < 4.78 is 0. The van der Waals surface area contributed by atoms with Gasteiger partial charge in [0.15, 0.2) is 0 Å². The first kappa shape index (κ1) is 17.5. The van der Waals surface area contributed by atoms with Crippen molar-refractivity contribution in [2.24, 2.45) is 0 Å². The molecule has 0 saturated heterocycles. The molecule has 0 aliphatic carbocycles. The van der Waals surface area contributed by atoms with Crippen LogP contribution in [0.5, 0.6) is 0 Å². The van der Waals surface area contributed by atoms with Gasteiger partial charge in [-0.05, 0) is 52.7 Å². The summed E-state index contributed by atoms with van der Waals surface area (Å²) in [5.74, 6) is -0.110. The molecule has 0 fully saturated rings. The number of fused-ring (bicyclic) bond motifs is 2. The van der Waals surface area contributed by atoms with Gasteiger partial charge in [-0.3, -0.25) is 9.69 Å². The molecule has 1 aliphatic rings. The summed E-state index contributed by atoms with van der Waals surface area (Å²) in [5, 5.41) is 2.85. The minimum Gasteiger partial charge on any atom is -0.397 e. The first-order valence-corrected chi connectivity index (χ1v) is 9.69. The first-order chi connectivity index (χ1) is 14.1. The van der Waals surface area contributed by atoms with Crippen LogP contribution in [0.25, 0.3) is 22.5 Å². The molecule has 4 heteroatoms. The highest BCUT2D eigenvalue weighted by Crippen LogP contribution is 2.41. The summed E-state index contributed by atoms with van der Waals surface area (Å²) in [6, 6.07) is 27.3. The molecule has 0 atom stereocenters. The van der Waals surface area contributed by atoms with Crippen molar-refractivity contribution in [1.82, 2.24) is 0 Å². The lowest BCUT2D eigenvalue weighted by Crippen LogP contribution is -2.23. The van der Waals surface area contributed by atoms with Crippen LogP contribution in [0.2, 0.25) is 5.02 Å². The molecule has 4 aromatic carbocycles. The summed E-state index contributed by atoms with van der Waals surface area (Å²) in [4.78, 5) is 14.9. The highest BCUT2D eigenvalue weighted by atomic mass is 35.5. The molecule has 1 heterocycles. The van der Waals surface area contributed by atoms with Gasteiger partial charge in [0.1, 0.15) is 0 Å². The normalized spacial score (nSPS) is 14.6. The number of hydrogen-bond donors (Lipinski definition) is 1. The first-order valence-electron chi connectivity index (χ1n) is 9.31. The predicted molar refractivity (Wildman–Crippen MR) is 121 cm³/mol. The molecule has 3 nitrogen and oxygen atoms in total. The zero-order valence-electron chi connectivity index (χ0n) is 15.5. The van der Waals surface area contributed by atoms with Crippen LogP contribution >= 0.6 is 11.6 Å². The fourth-order valence-corrected chi connectivity index (χ4v) is 3.96. The average molecular weight is 397 g/mol. The number of anilines is 2. The van der Waals surface area contributed by atoms with E-state index in [0.717, 1.165) is 22.2 Å². The van der Waals surface area contributed by atoms with Crippen LogP contribution < -0.4 is 10.6 Å². The topological polar surface area (TPSA) is 46.3 Å². The number of nitrogens with two attached hydrogens (primary N) is 1. The van der Waals surface area contributed by atoms with Crippen LogP contribution in [0, 0.1) is 0 Å². The van der Waals surface area contributed by atoms with E-state index in [1.807, 2.05) is 42.5 Å². The molecule has 1 aliphatic heterocycles. The Labute approximate surface area is 173 Å². The van der Waals surface area contributed by atoms with Crippen molar-refractivity contribution in [3.05, 3.63) is 107 Å². The molecule has 0 saturated carbocycles. The number of halogens is 1. The van der Waals surface area contributed by atoms with E-state index >= 15 is 0 Å². The molecule has 0 radical (unpaired) electrons. The van der Waals surface area contributed by atoms with Crippen LogP contribution in [0.3, 0.4) is 0 Å². The predicted octanol–water partition coefficient (Wildman–Crippen LogP) is 6.23. The number of amides is 1. The van der Waals surface area contributed by atoms with Crippen molar-refractivity contribution in [3.63, 3.8) is 0 Å². The van der Waals surface area contributed by atoms with Gasteiger partial charge >= 0.3 is 0 Å². The highest BCUT2D eigenvalue weighted by Gasteiger charge is 2.34. The van der Waals surface area contributed by atoms with Gasteiger partial charge in [-0.1, -0.05) is 66.2 Å². The minimum atomic E-state index is -0.110. The SMILES string of the molecule is Nc1ccc(Cl)cc1N1C(=O)c2ccccc2/C1=C\c1ccc2ccccc2c1. The van der Waals surface area contributed by atoms with Gasteiger partial charge in [0.2, 0.25) is 0 Å². The van der Waals surface area contributed by atoms with Gasteiger partial charge in [-0.2, -0.15) is 0 Å². The second-order valence-corrected chi connectivity index (χ2v) is 7.46. The molecule has 140 valence electrons. The van der Waals surface area contributed by atoms with Crippen molar-refractivity contribution < 1.29 is 4.79 Å². The molecule has 0 unspecified atom stereocenters. The smallest absolute Gasteiger partial charge is 0.263 e. The fourth-order valence-electron chi connectivity index (χ4n) is 3.79. The zero-order chi connectivity index (χ0) is 20.0. The monoisotopic (exact) mass is 396 g/mol. The van der Waals surface area contributed by atoms with Gasteiger partial charge in [0, 0.05) is 16.1 Å². The molecule has 0 spiro atoms. The Hall–Kier alpha value is -3.56. The van der Waals surface area contributed by atoms with Crippen molar-refractivity contribution >= 4 is 51.4 Å². The third kappa shape index (κ3) is 2.96. The van der Waals surface area contributed by atoms with E-state index in [-0.39, 0.29) is 5.91 Å². The Morgan fingerprint density at radius 3 is 2.34 bits per heavy atom. The van der Waals surface area contributed by atoms with Crippen LogP contribution in [-0.4, -0.2) is 5.91 Å². The van der Waals surface area contributed by atoms with E-state index in [9.17, 15) is 4.79 Å². The second-order valence-electron chi connectivity index (χ2n) is 7.03. The van der Waals surface area contributed by atoms with E-state index in [1.165, 1.54) is 5.39 Å². The van der Waals surface area contributed by atoms with Crippen LogP contribution in [-0.2, 0) is 0 Å². The highest BCUT2D eigenvalue weighted by molar-refractivity contribution is 6.32. The number of rotatable bonds is 2. The van der Waals surface area contributed by atoms with Crippen molar-refractivity contribution in [2.45, 2.75) is 0 Å². The summed E-state index contributed by atoms with van der Waals surface area (Å²) in [5.41, 5.74) is 10.6. The van der Waals surface area contributed by atoms with Crippen LogP contribution in [0.1, 0.15) is 21.5 Å². The molecule has 0 aromatic heterocycles. The summed E-state index contributed by atoms with van der Waals surface area (Å²) >= 11 is 6.21. The number of hydrogen-bond acceptors (Lipinski definition) is 2. The molecular formula is C25H17ClN2O. The van der Waals surface area contributed by atoms with Crippen LogP contribution in [0.4, 0.5) is 11.4 Å². The molecule has 0 bridgehead atoms. The fraction of sp³-hybridized carbons (Fsp3) is 0. The Morgan fingerprint density at radius 1 is 0.793 bits per heavy atom. The quantitative estimate of drug-likeness (QED) is 0.408. The third-order valence-corrected chi connectivity index (χ3v) is 5.42. The lowest BCUT2D eigenvalue weighted by molar-refractivity contribution is 0.101. The summed E-state index contributed by atoms with van der Waals surface area (Å²) in [7, 11) is 0.